The fourth-order valence-corrected chi connectivity index (χ4v) is 2.80. The fraction of sp³-hybridized carbons (Fsp3) is 0.174. The second-order valence-corrected chi connectivity index (χ2v) is 6.84. The number of phenols is 1. The minimum atomic E-state index is -0.805. The van der Waals surface area contributed by atoms with Crippen molar-refractivity contribution < 1.29 is 29.0 Å². The largest absolute Gasteiger partial charge is 0.506 e. The summed E-state index contributed by atoms with van der Waals surface area (Å²) in [6.45, 7) is 2.99. The number of nitrogens with one attached hydrogen (secondary N) is 1. The molecule has 0 aromatic heterocycles. The summed E-state index contributed by atoms with van der Waals surface area (Å²) in [6.07, 6.45) is -0.228. The molecule has 0 spiro atoms. The molecule has 0 aliphatic carbocycles. The molecular formula is C23H21NO6. The second kappa shape index (κ2) is 9.09. The van der Waals surface area contributed by atoms with Crippen LogP contribution in [0.15, 0.2) is 60.7 Å². The Morgan fingerprint density at radius 1 is 0.933 bits per heavy atom. The first-order valence-corrected chi connectivity index (χ1v) is 9.34. The second-order valence-electron chi connectivity index (χ2n) is 6.84. The number of ether oxygens (including phenoxy) is 2. The van der Waals surface area contributed by atoms with Gasteiger partial charge >= 0.3 is 11.9 Å². The van der Waals surface area contributed by atoms with Crippen LogP contribution < -0.4 is 5.32 Å². The van der Waals surface area contributed by atoms with Gasteiger partial charge in [-0.05, 0) is 49.6 Å². The Kier molecular flexibility index (Phi) is 6.32. The molecule has 0 atom stereocenters. The van der Waals surface area contributed by atoms with Crippen molar-refractivity contribution in [2.45, 2.75) is 20.0 Å². The average Bonchev–Trinajstić information content (AvgIpc) is 2.72. The molecule has 0 saturated heterocycles. The monoisotopic (exact) mass is 407 g/mol. The van der Waals surface area contributed by atoms with Crippen LogP contribution in [0.2, 0.25) is 0 Å². The maximum atomic E-state index is 12.3. The molecule has 0 aliphatic heterocycles. The number of hydrogen-bond acceptors (Lipinski definition) is 6. The van der Waals surface area contributed by atoms with Crippen LogP contribution in [-0.2, 0) is 14.3 Å². The minimum Gasteiger partial charge on any atom is -0.506 e. The highest BCUT2D eigenvalue weighted by Gasteiger charge is 2.17. The molecule has 0 unspecified atom stereocenters. The van der Waals surface area contributed by atoms with Crippen LogP contribution in [0.25, 0.3) is 10.8 Å². The molecule has 0 saturated carbocycles. The van der Waals surface area contributed by atoms with Gasteiger partial charge in [0.05, 0.1) is 11.7 Å². The van der Waals surface area contributed by atoms with Gasteiger partial charge in [-0.2, -0.15) is 0 Å². The number of hydrogen-bond donors (Lipinski definition) is 2. The number of esters is 2. The predicted molar refractivity (Wildman–Crippen MR) is 112 cm³/mol. The highest BCUT2D eigenvalue weighted by molar-refractivity contribution is 6.02. The summed E-state index contributed by atoms with van der Waals surface area (Å²) in [5.74, 6) is -2.00. The van der Waals surface area contributed by atoms with E-state index >= 15 is 0 Å². The Morgan fingerprint density at radius 2 is 1.63 bits per heavy atom. The summed E-state index contributed by atoms with van der Waals surface area (Å²) in [4.78, 5) is 36.2. The highest BCUT2D eigenvalue weighted by Crippen LogP contribution is 2.29. The van der Waals surface area contributed by atoms with Crippen LogP contribution in [0.4, 0.5) is 5.69 Å². The van der Waals surface area contributed by atoms with E-state index in [2.05, 4.69) is 5.32 Å². The number of rotatable bonds is 6. The molecule has 7 heteroatoms. The number of fused-ring (bicyclic) bond motifs is 1. The number of anilines is 1. The maximum Gasteiger partial charge on any atom is 0.342 e. The minimum absolute atomic E-state index is 0.0190. The quantitative estimate of drug-likeness (QED) is 0.601. The molecule has 154 valence electrons. The molecule has 1 amide bonds. The molecule has 3 aromatic rings. The van der Waals surface area contributed by atoms with E-state index in [4.69, 9.17) is 9.47 Å². The Hall–Kier alpha value is -3.87. The van der Waals surface area contributed by atoms with E-state index in [-0.39, 0.29) is 17.4 Å². The zero-order valence-electron chi connectivity index (χ0n) is 16.5. The van der Waals surface area contributed by atoms with Crippen molar-refractivity contribution in [3.05, 3.63) is 71.8 Å². The molecule has 3 aromatic carbocycles. The zero-order chi connectivity index (χ0) is 21.7. The molecule has 0 fully saturated rings. The molecule has 0 bridgehead atoms. The van der Waals surface area contributed by atoms with E-state index < -0.39 is 24.5 Å². The summed E-state index contributed by atoms with van der Waals surface area (Å²) in [7, 11) is 0. The van der Waals surface area contributed by atoms with Crippen LogP contribution in [-0.4, -0.2) is 35.7 Å². The van der Waals surface area contributed by atoms with Crippen molar-refractivity contribution >= 4 is 34.3 Å². The Morgan fingerprint density at radius 3 is 2.33 bits per heavy atom. The lowest BCUT2D eigenvalue weighted by Crippen LogP contribution is -2.21. The summed E-state index contributed by atoms with van der Waals surface area (Å²) < 4.78 is 10.1. The lowest BCUT2D eigenvalue weighted by molar-refractivity contribution is -0.119. The molecule has 0 heterocycles. The van der Waals surface area contributed by atoms with Gasteiger partial charge in [0.1, 0.15) is 11.3 Å². The van der Waals surface area contributed by atoms with Gasteiger partial charge in [-0.15, -0.1) is 0 Å². The third-order valence-corrected chi connectivity index (χ3v) is 4.20. The molecule has 0 aliphatic rings. The van der Waals surface area contributed by atoms with Gasteiger partial charge in [0.25, 0.3) is 5.91 Å². The Labute approximate surface area is 173 Å². The highest BCUT2D eigenvalue weighted by atomic mass is 16.5. The smallest absolute Gasteiger partial charge is 0.342 e. The number of carbonyl (C=O) groups is 3. The van der Waals surface area contributed by atoms with E-state index in [0.717, 1.165) is 5.39 Å². The van der Waals surface area contributed by atoms with E-state index in [0.29, 0.717) is 16.6 Å². The van der Waals surface area contributed by atoms with Crippen LogP contribution in [0, 0.1) is 0 Å². The van der Waals surface area contributed by atoms with Gasteiger partial charge in [0, 0.05) is 11.1 Å². The topological polar surface area (TPSA) is 102 Å². The van der Waals surface area contributed by atoms with Crippen molar-refractivity contribution in [2.75, 3.05) is 11.9 Å². The maximum absolute atomic E-state index is 12.3. The van der Waals surface area contributed by atoms with Crippen LogP contribution in [0.5, 0.6) is 5.75 Å². The van der Waals surface area contributed by atoms with Crippen LogP contribution in [0.1, 0.15) is 34.6 Å². The van der Waals surface area contributed by atoms with Crippen LogP contribution >= 0.6 is 0 Å². The van der Waals surface area contributed by atoms with Crippen molar-refractivity contribution in [3.8, 4) is 5.75 Å². The third-order valence-electron chi connectivity index (χ3n) is 4.20. The molecule has 2 N–H and O–H groups in total. The van der Waals surface area contributed by atoms with Crippen molar-refractivity contribution in [2.24, 2.45) is 0 Å². The van der Waals surface area contributed by atoms with Crippen molar-refractivity contribution in [3.63, 3.8) is 0 Å². The first-order valence-electron chi connectivity index (χ1n) is 9.34. The predicted octanol–water partition coefficient (Wildman–Crippen LogP) is 3.91. The van der Waals surface area contributed by atoms with Crippen molar-refractivity contribution in [1.82, 2.24) is 0 Å². The van der Waals surface area contributed by atoms with Gasteiger partial charge in [-0.1, -0.05) is 30.3 Å². The summed E-state index contributed by atoms with van der Waals surface area (Å²) in [5.41, 5.74) is 0.778. The SMILES string of the molecule is CC(C)OC(=O)c1ccc(NC(=O)COC(=O)c2ccc3ccccc3c2O)cc1. The molecule has 3 rings (SSSR count). The van der Waals surface area contributed by atoms with E-state index in [1.165, 1.54) is 18.2 Å². The Balaban J connectivity index is 1.57. The first-order chi connectivity index (χ1) is 14.3. The zero-order valence-corrected chi connectivity index (χ0v) is 16.5. The summed E-state index contributed by atoms with van der Waals surface area (Å²) in [6, 6.07) is 16.4. The van der Waals surface area contributed by atoms with E-state index in [9.17, 15) is 19.5 Å². The molecular weight excluding hydrogens is 386 g/mol. The van der Waals surface area contributed by atoms with E-state index in [1.807, 2.05) is 12.1 Å². The molecule has 0 radical (unpaired) electrons. The van der Waals surface area contributed by atoms with E-state index in [1.54, 1.807) is 44.2 Å². The fourth-order valence-electron chi connectivity index (χ4n) is 2.80. The number of aromatic hydroxyl groups is 1. The van der Waals surface area contributed by atoms with Crippen LogP contribution in [0.3, 0.4) is 0 Å². The standard InChI is InChI=1S/C23H21NO6/c1-14(2)30-22(27)16-7-10-17(11-8-16)24-20(25)13-29-23(28)19-12-9-15-5-3-4-6-18(15)21(19)26/h3-12,14,26H,13H2,1-2H3,(H,24,25). The lowest BCUT2D eigenvalue weighted by Gasteiger charge is -2.10. The lowest BCUT2D eigenvalue weighted by atomic mass is 10.1. The van der Waals surface area contributed by atoms with Gasteiger partial charge in [0.2, 0.25) is 0 Å². The number of benzene rings is 3. The van der Waals surface area contributed by atoms with Gasteiger partial charge < -0.3 is 19.9 Å². The van der Waals surface area contributed by atoms with Gasteiger partial charge in [0.15, 0.2) is 6.61 Å². The number of phenolic OH excluding ortho intramolecular Hbond substituents is 1. The van der Waals surface area contributed by atoms with Gasteiger partial charge in [-0.25, -0.2) is 9.59 Å². The third kappa shape index (κ3) is 4.94. The van der Waals surface area contributed by atoms with Gasteiger partial charge in [-0.3, -0.25) is 4.79 Å². The summed E-state index contributed by atoms with van der Waals surface area (Å²) in [5, 5.41) is 14.2. The summed E-state index contributed by atoms with van der Waals surface area (Å²) >= 11 is 0. The average molecular weight is 407 g/mol. The number of amides is 1. The molecule has 7 nitrogen and oxygen atoms in total. The first kappa shape index (κ1) is 20.9. The van der Waals surface area contributed by atoms with Crippen molar-refractivity contribution in [1.29, 1.82) is 0 Å². The number of carbonyl (C=O) groups excluding carboxylic acids is 3. The normalized spacial score (nSPS) is 10.6. The Bertz CT molecular complexity index is 1090. The molecule has 30 heavy (non-hydrogen) atoms.